The van der Waals surface area contributed by atoms with E-state index >= 15 is 0 Å². The molecule has 150 valence electrons. The molecule has 0 spiro atoms. The molecule has 3 aliphatic carbocycles. The molecule has 3 aromatic rings. The molecule has 1 saturated heterocycles. The van der Waals surface area contributed by atoms with Crippen molar-refractivity contribution in [3.05, 3.63) is 41.2 Å². The predicted molar refractivity (Wildman–Crippen MR) is 106 cm³/mol. The highest BCUT2D eigenvalue weighted by molar-refractivity contribution is 5.61. The van der Waals surface area contributed by atoms with Gasteiger partial charge in [-0.2, -0.15) is 4.52 Å². The van der Waals surface area contributed by atoms with Crippen molar-refractivity contribution in [2.75, 3.05) is 31.2 Å². The van der Waals surface area contributed by atoms with Crippen molar-refractivity contribution in [3.8, 4) is 5.88 Å². The lowest BCUT2D eigenvalue weighted by molar-refractivity contribution is 0.122. The summed E-state index contributed by atoms with van der Waals surface area (Å²) in [5.41, 5.74) is 4.38. The molecule has 29 heavy (non-hydrogen) atoms. The van der Waals surface area contributed by atoms with Crippen LogP contribution in [0.25, 0.3) is 5.65 Å². The molecular formula is C21H24N6O2. The van der Waals surface area contributed by atoms with Gasteiger partial charge in [0.05, 0.1) is 18.9 Å². The average molecular weight is 392 g/mol. The fraction of sp³-hybridized carbons (Fsp3) is 0.524. The zero-order valence-electron chi connectivity index (χ0n) is 16.3. The maximum Gasteiger partial charge on any atom is 0.248 e. The van der Waals surface area contributed by atoms with Crippen LogP contribution in [0.2, 0.25) is 0 Å². The van der Waals surface area contributed by atoms with Crippen LogP contribution in [0.1, 0.15) is 54.3 Å². The first-order chi connectivity index (χ1) is 14.4. The monoisotopic (exact) mass is 392 g/mol. The molecule has 7 rings (SSSR count). The van der Waals surface area contributed by atoms with Gasteiger partial charge in [-0.25, -0.2) is 0 Å². The van der Waals surface area contributed by atoms with Crippen LogP contribution in [0, 0.1) is 0 Å². The number of morpholine rings is 1. The number of ether oxygens (including phenoxy) is 2. The van der Waals surface area contributed by atoms with Crippen LogP contribution in [0.5, 0.6) is 5.88 Å². The average Bonchev–Trinajstić information content (AvgIpc) is 3.23. The van der Waals surface area contributed by atoms with Crippen molar-refractivity contribution >= 4 is 11.6 Å². The Balaban J connectivity index is 1.46. The Bertz CT molecular complexity index is 1020. The summed E-state index contributed by atoms with van der Waals surface area (Å²) in [6.45, 7) is 3.42. The summed E-state index contributed by atoms with van der Waals surface area (Å²) < 4.78 is 13.7. The van der Waals surface area contributed by atoms with E-state index in [1.165, 1.54) is 36.8 Å². The third-order valence-corrected chi connectivity index (χ3v) is 6.50. The first-order valence-corrected chi connectivity index (χ1v) is 10.5. The second-order valence-electron chi connectivity index (χ2n) is 8.13. The van der Waals surface area contributed by atoms with E-state index in [9.17, 15) is 0 Å². The highest BCUT2D eigenvalue weighted by Gasteiger charge is 2.39. The molecule has 0 radical (unpaired) electrons. The first kappa shape index (κ1) is 17.1. The molecule has 0 unspecified atom stereocenters. The van der Waals surface area contributed by atoms with Gasteiger partial charge in [-0.3, -0.25) is 4.98 Å². The Morgan fingerprint density at radius 2 is 1.79 bits per heavy atom. The zero-order chi connectivity index (χ0) is 19.2. The van der Waals surface area contributed by atoms with Gasteiger partial charge in [0.15, 0.2) is 5.65 Å². The predicted octanol–water partition coefficient (Wildman–Crippen LogP) is 2.69. The van der Waals surface area contributed by atoms with Crippen LogP contribution in [0.4, 0.5) is 5.95 Å². The molecule has 2 fully saturated rings. The lowest BCUT2D eigenvalue weighted by Crippen LogP contribution is -2.37. The number of aromatic nitrogens is 5. The summed E-state index contributed by atoms with van der Waals surface area (Å²) in [5.74, 6) is 2.55. The fourth-order valence-electron chi connectivity index (χ4n) is 5.07. The Labute approximate surface area is 168 Å². The molecule has 0 amide bonds. The number of fused-ring (bicyclic) bond motifs is 3. The summed E-state index contributed by atoms with van der Waals surface area (Å²) in [6, 6.07) is 5.88. The van der Waals surface area contributed by atoms with E-state index in [2.05, 4.69) is 20.1 Å². The van der Waals surface area contributed by atoms with Crippen LogP contribution in [-0.4, -0.2) is 51.1 Å². The zero-order valence-corrected chi connectivity index (χ0v) is 16.3. The normalized spacial score (nSPS) is 23.4. The highest BCUT2D eigenvalue weighted by Crippen LogP contribution is 2.53. The van der Waals surface area contributed by atoms with Gasteiger partial charge >= 0.3 is 0 Å². The number of hydrogen-bond donors (Lipinski definition) is 0. The van der Waals surface area contributed by atoms with Gasteiger partial charge in [0.25, 0.3) is 0 Å². The van der Waals surface area contributed by atoms with E-state index in [1.807, 2.05) is 22.7 Å². The van der Waals surface area contributed by atoms with Crippen LogP contribution < -0.4 is 9.64 Å². The molecule has 0 aromatic carbocycles. The van der Waals surface area contributed by atoms with Gasteiger partial charge in [-0.1, -0.05) is 6.07 Å². The van der Waals surface area contributed by atoms with Crippen LogP contribution in [-0.2, 0) is 11.3 Å². The Morgan fingerprint density at radius 3 is 2.55 bits per heavy atom. The van der Waals surface area contributed by atoms with Gasteiger partial charge in [-0.15, -0.1) is 15.3 Å². The van der Waals surface area contributed by atoms with E-state index in [-0.39, 0.29) is 0 Å². The minimum absolute atomic E-state index is 0.415. The largest absolute Gasteiger partial charge is 0.470 e. The lowest BCUT2D eigenvalue weighted by Gasteiger charge is -2.38. The highest BCUT2D eigenvalue weighted by atomic mass is 16.5. The molecule has 1 saturated carbocycles. The molecule has 3 aromatic heterocycles. The van der Waals surface area contributed by atoms with E-state index in [4.69, 9.17) is 14.6 Å². The summed E-state index contributed by atoms with van der Waals surface area (Å²) in [7, 11) is 0. The molecule has 8 nitrogen and oxygen atoms in total. The second kappa shape index (κ2) is 6.95. The van der Waals surface area contributed by atoms with Crippen molar-refractivity contribution < 1.29 is 9.47 Å². The van der Waals surface area contributed by atoms with Gasteiger partial charge in [0.2, 0.25) is 11.8 Å². The fourth-order valence-corrected chi connectivity index (χ4v) is 5.07. The van der Waals surface area contributed by atoms with Gasteiger partial charge in [0, 0.05) is 30.4 Å². The minimum atomic E-state index is 0.415. The molecule has 2 bridgehead atoms. The minimum Gasteiger partial charge on any atom is -0.470 e. The summed E-state index contributed by atoms with van der Waals surface area (Å²) in [6.07, 6.45) is 6.65. The smallest absolute Gasteiger partial charge is 0.248 e. The van der Waals surface area contributed by atoms with Crippen molar-refractivity contribution in [2.45, 2.75) is 44.1 Å². The third kappa shape index (κ3) is 2.85. The Kier molecular flexibility index (Phi) is 4.11. The van der Waals surface area contributed by atoms with Crippen molar-refractivity contribution in [1.82, 2.24) is 24.8 Å². The Morgan fingerprint density at radius 1 is 1.00 bits per heavy atom. The van der Waals surface area contributed by atoms with E-state index in [1.54, 1.807) is 6.20 Å². The van der Waals surface area contributed by atoms with Crippen LogP contribution in [0.15, 0.2) is 24.4 Å². The molecule has 4 heterocycles. The number of anilines is 1. The number of hydrogen-bond acceptors (Lipinski definition) is 7. The maximum atomic E-state index is 6.27. The first-order valence-electron chi connectivity index (χ1n) is 10.5. The quantitative estimate of drug-likeness (QED) is 0.675. The summed E-state index contributed by atoms with van der Waals surface area (Å²) >= 11 is 0. The van der Waals surface area contributed by atoms with Crippen molar-refractivity contribution in [1.29, 1.82) is 0 Å². The molecular weight excluding hydrogens is 368 g/mol. The number of nitrogens with zero attached hydrogens (tertiary/aromatic N) is 6. The van der Waals surface area contributed by atoms with E-state index in [0.717, 1.165) is 36.3 Å². The summed E-state index contributed by atoms with van der Waals surface area (Å²) in [5, 5.41) is 14.0. The molecule has 0 atom stereocenters. The molecule has 1 aliphatic heterocycles. The topological polar surface area (TPSA) is 77.7 Å². The summed E-state index contributed by atoms with van der Waals surface area (Å²) in [4.78, 5) is 6.59. The number of pyridine rings is 1. The van der Waals surface area contributed by atoms with E-state index in [0.29, 0.717) is 31.7 Å². The maximum absolute atomic E-state index is 6.27. The second-order valence-corrected chi connectivity index (χ2v) is 8.13. The SMILES string of the molecule is c1ccc(COc2nn3c(N4CCOCC4)nnc3c3c2C2CCC3CC2)nc1. The number of rotatable bonds is 4. The van der Waals surface area contributed by atoms with E-state index < -0.39 is 0 Å². The standard InChI is InChI=1S/C21H24N6O2/c1-2-8-22-16(3-1)13-29-20-18-15-6-4-14(5-7-15)17(18)19-23-24-21(27(19)25-20)26-9-11-28-12-10-26/h1-3,8,14-15H,4-7,9-13H2. The Hall–Kier alpha value is -2.74. The van der Waals surface area contributed by atoms with Crippen molar-refractivity contribution in [3.63, 3.8) is 0 Å². The van der Waals surface area contributed by atoms with Crippen LogP contribution >= 0.6 is 0 Å². The van der Waals surface area contributed by atoms with Crippen molar-refractivity contribution in [2.24, 2.45) is 0 Å². The van der Waals surface area contributed by atoms with Gasteiger partial charge in [0.1, 0.15) is 6.61 Å². The molecule has 8 heteroatoms. The van der Waals surface area contributed by atoms with Gasteiger partial charge in [-0.05, 0) is 49.7 Å². The molecule has 4 aliphatic rings. The third-order valence-electron chi connectivity index (χ3n) is 6.50. The lowest BCUT2D eigenvalue weighted by atomic mass is 9.67. The van der Waals surface area contributed by atoms with Crippen LogP contribution in [0.3, 0.4) is 0 Å². The molecule has 0 N–H and O–H groups in total. The van der Waals surface area contributed by atoms with Gasteiger partial charge < -0.3 is 14.4 Å².